The first-order chi connectivity index (χ1) is 8.08. The van der Waals surface area contributed by atoms with Gasteiger partial charge in [0.05, 0.1) is 10.7 Å². The molecule has 2 aromatic rings. The van der Waals surface area contributed by atoms with E-state index in [9.17, 15) is 9.18 Å². The molecule has 0 N–H and O–H groups in total. The Morgan fingerprint density at radius 1 is 1.41 bits per heavy atom. The first kappa shape index (κ1) is 11.9. The lowest BCUT2D eigenvalue weighted by Gasteiger charge is -2.07. The largest absolute Gasteiger partial charge is 0.341 e. The van der Waals surface area contributed by atoms with Gasteiger partial charge in [-0.25, -0.2) is 4.39 Å². The van der Waals surface area contributed by atoms with Crippen LogP contribution in [-0.4, -0.2) is 10.4 Å². The molecule has 0 radical (unpaired) electrons. The third kappa shape index (κ3) is 2.56. The van der Waals surface area contributed by atoms with Crippen molar-refractivity contribution in [2.45, 2.75) is 13.5 Å². The SMILES string of the molecule is CC(=O)c1cccn1Cc1ccc(F)c(Cl)c1. The predicted molar refractivity (Wildman–Crippen MR) is 64.9 cm³/mol. The van der Waals surface area contributed by atoms with Gasteiger partial charge >= 0.3 is 0 Å². The Bertz CT molecular complexity index is 562. The molecule has 0 saturated heterocycles. The number of nitrogens with zero attached hydrogens (tertiary/aromatic N) is 1. The van der Waals surface area contributed by atoms with E-state index in [1.165, 1.54) is 13.0 Å². The van der Waals surface area contributed by atoms with Crippen LogP contribution in [0, 0.1) is 5.82 Å². The molecule has 0 bridgehead atoms. The summed E-state index contributed by atoms with van der Waals surface area (Å²) >= 11 is 5.71. The summed E-state index contributed by atoms with van der Waals surface area (Å²) in [7, 11) is 0. The molecule has 1 heterocycles. The molecule has 0 unspecified atom stereocenters. The molecular weight excluding hydrogens is 241 g/mol. The fourth-order valence-electron chi connectivity index (χ4n) is 1.71. The Labute approximate surface area is 104 Å². The van der Waals surface area contributed by atoms with Crippen LogP contribution in [0.1, 0.15) is 23.0 Å². The molecule has 4 heteroatoms. The number of halogens is 2. The standard InChI is InChI=1S/C13H11ClFNO/c1-9(17)13-3-2-6-16(13)8-10-4-5-12(15)11(14)7-10/h2-7H,8H2,1H3. The lowest BCUT2D eigenvalue weighted by Crippen LogP contribution is -2.06. The first-order valence-corrected chi connectivity index (χ1v) is 5.56. The van der Waals surface area contributed by atoms with Gasteiger partial charge in [0.25, 0.3) is 0 Å². The van der Waals surface area contributed by atoms with Gasteiger partial charge in [-0.1, -0.05) is 17.7 Å². The minimum Gasteiger partial charge on any atom is -0.341 e. The Morgan fingerprint density at radius 2 is 2.18 bits per heavy atom. The van der Waals surface area contributed by atoms with E-state index in [0.717, 1.165) is 5.56 Å². The third-order valence-corrected chi connectivity index (χ3v) is 2.82. The minimum absolute atomic E-state index is 0.00297. The first-order valence-electron chi connectivity index (χ1n) is 5.18. The monoisotopic (exact) mass is 251 g/mol. The maximum atomic E-state index is 13.0. The van der Waals surface area contributed by atoms with E-state index >= 15 is 0 Å². The van der Waals surface area contributed by atoms with Crippen LogP contribution in [0.3, 0.4) is 0 Å². The number of benzene rings is 1. The molecule has 1 aromatic heterocycles. The molecule has 0 aliphatic rings. The smallest absolute Gasteiger partial charge is 0.176 e. The van der Waals surface area contributed by atoms with Crippen molar-refractivity contribution in [3.05, 3.63) is 58.6 Å². The topological polar surface area (TPSA) is 22.0 Å². The van der Waals surface area contributed by atoms with Gasteiger partial charge in [-0.15, -0.1) is 0 Å². The van der Waals surface area contributed by atoms with E-state index in [1.54, 1.807) is 18.2 Å². The van der Waals surface area contributed by atoms with Crippen LogP contribution in [0.5, 0.6) is 0 Å². The van der Waals surface area contributed by atoms with E-state index in [2.05, 4.69) is 0 Å². The van der Waals surface area contributed by atoms with E-state index in [0.29, 0.717) is 12.2 Å². The van der Waals surface area contributed by atoms with Crippen molar-refractivity contribution < 1.29 is 9.18 Å². The van der Waals surface area contributed by atoms with Gasteiger partial charge in [0.15, 0.2) is 5.78 Å². The molecule has 0 amide bonds. The molecule has 0 fully saturated rings. The number of carbonyl (C=O) groups is 1. The normalized spacial score (nSPS) is 10.5. The van der Waals surface area contributed by atoms with Gasteiger partial charge < -0.3 is 4.57 Å². The molecule has 0 spiro atoms. The van der Waals surface area contributed by atoms with Crippen LogP contribution < -0.4 is 0 Å². The highest BCUT2D eigenvalue weighted by Gasteiger charge is 2.07. The van der Waals surface area contributed by atoms with Crippen LogP contribution in [-0.2, 0) is 6.54 Å². The summed E-state index contributed by atoms with van der Waals surface area (Å²) < 4.78 is 14.8. The molecule has 88 valence electrons. The van der Waals surface area contributed by atoms with Crippen LogP contribution in [0.15, 0.2) is 36.5 Å². The molecule has 2 rings (SSSR count). The highest BCUT2D eigenvalue weighted by Crippen LogP contribution is 2.17. The summed E-state index contributed by atoms with van der Waals surface area (Å²) in [6.45, 7) is 2.02. The van der Waals surface area contributed by atoms with Crippen LogP contribution in [0.2, 0.25) is 5.02 Å². The Kier molecular flexibility index (Phi) is 3.29. The van der Waals surface area contributed by atoms with Crippen molar-refractivity contribution in [1.82, 2.24) is 4.57 Å². The summed E-state index contributed by atoms with van der Waals surface area (Å²) in [6.07, 6.45) is 1.81. The van der Waals surface area contributed by atoms with Crippen molar-refractivity contribution >= 4 is 17.4 Å². The van der Waals surface area contributed by atoms with E-state index in [4.69, 9.17) is 11.6 Å². The molecule has 0 saturated carbocycles. The number of aromatic nitrogens is 1. The number of rotatable bonds is 3. The Hall–Kier alpha value is -1.61. The zero-order valence-corrected chi connectivity index (χ0v) is 10.0. The number of carbonyl (C=O) groups excluding carboxylic acids is 1. The van der Waals surface area contributed by atoms with Crippen LogP contribution >= 0.6 is 11.6 Å². The molecule has 0 aliphatic heterocycles. The second-order valence-corrected chi connectivity index (χ2v) is 4.23. The summed E-state index contributed by atoms with van der Waals surface area (Å²) in [6, 6.07) is 8.12. The van der Waals surface area contributed by atoms with E-state index in [-0.39, 0.29) is 10.8 Å². The quantitative estimate of drug-likeness (QED) is 0.765. The van der Waals surface area contributed by atoms with Gasteiger partial charge in [-0.05, 0) is 29.8 Å². The number of hydrogen-bond acceptors (Lipinski definition) is 1. The third-order valence-electron chi connectivity index (χ3n) is 2.53. The molecule has 0 aliphatic carbocycles. The molecule has 1 aromatic carbocycles. The Morgan fingerprint density at radius 3 is 2.82 bits per heavy atom. The highest BCUT2D eigenvalue weighted by molar-refractivity contribution is 6.30. The fourth-order valence-corrected chi connectivity index (χ4v) is 1.91. The van der Waals surface area contributed by atoms with Crippen molar-refractivity contribution in [3.63, 3.8) is 0 Å². The molecular formula is C13H11ClFNO. The molecule has 0 atom stereocenters. The zero-order chi connectivity index (χ0) is 12.4. The van der Waals surface area contributed by atoms with Gasteiger partial charge in [0.2, 0.25) is 0 Å². The van der Waals surface area contributed by atoms with Gasteiger partial charge in [-0.2, -0.15) is 0 Å². The maximum absolute atomic E-state index is 13.0. The van der Waals surface area contributed by atoms with Crippen LogP contribution in [0.4, 0.5) is 4.39 Å². The average molecular weight is 252 g/mol. The van der Waals surface area contributed by atoms with Gasteiger partial charge in [0.1, 0.15) is 5.82 Å². The lowest BCUT2D eigenvalue weighted by atomic mass is 10.2. The Balaban J connectivity index is 2.28. The fraction of sp³-hybridized carbons (Fsp3) is 0.154. The van der Waals surface area contributed by atoms with E-state index in [1.807, 2.05) is 16.8 Å². The van der Waals surface area contributed by atoms with Gasteiger partial charge in [0, 0.05) is 19.7 Å². The highest BCUT2D eigenvalue weighted by atomic mass is 35.5. The summed E-state index contributed by atoms with van der Waals surface area (Å²) in [5, 5.41) is 0.0963. The summed E-state index contributed by atoms with van der Waals surface area (Å²) in [5.41, 5.74) is 1.49. The van der Waals surface area contributed by atoms with Gasteiger partial charge in [-0.3, -0.25) is 4.79 Å². The maximum Gasteiger partial charge on any atom is 0.176 e. The van der Waals surface area contributed by atoms with Crippen molar-refractivity contribution in [3.8, 4) is 0 Å². The minimum atomic E-state index is -0.435. The molecule has 17 heavy (non-hydrogen) atoms. The molecule has 2 nitrogen and oxygen atoms in total. The van der Waals surface area contributed by atoms with Crippen molar-refractivity contribution in [2.24, 2.45) is 0 Å². The lowest BCUT2D eigenvalue weighted by molar-refractivity contribution is 0.100. The number of hydrogen-bond donors (Lipinski definition) is 0. The predicted octanol–water partition coefficient (Wildman–Crippen LogP) is 3.53. The zero-order valence-electron chi connectivity index (χ0n) is 9.28. The van der Waals surface area contributed by atoms with Crippen molar-refractivity contribution in [2.75, 3.05) is 0 Å². The second-order valence-electron chi connectivity index (χ2n) is 3.83. The van der Waals surface area contributed by atoms with E-state index < -0.39 is 5.82 Å². The average Bonchev–Trinajstić information content (AvgIpc) is 2.72. The second kappa shape index (κ2) is 4.72. The summed E-state index contributed by atoms with van der Waals surface area (Å²) in [4.78, 5) is 11.3. The summed E-state index contributed by atoms with van der Waals surface area (Å²) in [5.74, 6) is -0.432. The number of Topliss-reactive ketones (excluding diaryl/α,β-unsaturated/α-hetero) is 1. The van der Waals surface area contributed by atoms with Crippen LogP contribution in [0.25, 0.3) is 0 Å². The number of ketones is 1. The van der Waals surface area contributed by atoms with Crippen molar-refractivity contribution in [1.29, 1.82) is 0 Å².